The van der Waals surface area contributed by atoms with Gasteiger partial charge in [-0.1, -0.05) is 66.7 Å². The van der Waals surface area contributed by atoms with E-state index in [-0.39, 0.29) is 5.97 Å². The predicted octanol–water partition coefficient (Wildman–Crippen LogP) is 10.9. The molecular formula is C50H52N3O3+. The molecule has 0 fully saturated rings. The maximum absolute atomic E-state index is 13.8. The lowest BCUT2D eigenvalue weighted by Crippen LogP contribution is -2.29. The molecule has 8 rings (SSSR count). The van der Waals surface area contributed by atoms with Gasteiger partial charge in [-0.05, 0) is 127 Å². The van der Waals surface area contributed by atoms with Crippen LogP contribution in [0.5, 0.6) is 0 Å². The minimum atomic E-state index is -0.297. The lowest BCUT2D eigenvalue weighted by Gasteiger charge is -2.22. The number of carbonyl (C=O) groups is 1. The SMILES string of the molecule is CCN(CC)c1ccc2c(-c3ccccc3C(=O)OCCCCCNCc3cc4cccc5ccc6cccc3c6c54)c3ccc(=[N+](CC)CC)cc-3oc2c1. The number of esters is 1. The summed E-state index contributed by atoms with van der Waals surface area (Å²) in [5.74, 6) is 0.499. The summed E-state index contributed by atoms with van der Waals surface area (Å²) in [7, 11) is 0. The third-order valence-electron chi connectivity index (χ3n) is 11.5. The Balaban J connectivity index is 0.962. The number of hydrogen-bond donors (Lipinski definition) is 1. The highest BCUT2D eigenvalue weighted by atomic mass is 16.5. The molecule has 0 saturated heterocycles. The quantitative estimate of drug-likeness (QED) is 0.0373. The monoisotopic (exact) mass is 742 g/mol. The summed E-state index contributed by atoms with van der Waals surface area (Å²) in [6, 6.07) is 40.7. The average Bonchev–Trinajstić information content (AvgIpc) is 3.23. The zero-order valence-electron chi connectivity index (χ0n) is 33.2. The molecule has 6 aromatic rings. The zero-order valence-corrected chi connectivity index (χ0v) is 33.2. The summed E-state index contributed by atoms with van der Waals surface area (Å²) >= 11 is 0. The fourth-order valence-corrected chi connectivity index (χ4v) is 8.59. The van der Waals surface area contributed by atoms with E-state index in [2.05, 4.69) is 133 Å². The summed E-state index contributed by atoms with van der Waals surface area (Å²) in [4.78, 5) is 16.1. The van der Waals surface area contributed by atoms with Crippen LogP contribution in [0.2, 0.25) is 0 Å². The highest BCUT2D eigenvalue weighted by molar-refractivity contribution is 6.23. The summed E-state index contributed by atoms with van der Waals surface area (Å²) in [5, 5.41) is 13.7. The summed E-state index contributed by atoms with van der Waals surface area (Å²) in [6.07, 6.45) is 2.79. The molecule has 2 aliphatic rings. The van der Waals surface area contributed by atoms with Gasteiger partial charge in [-0.15, -0.1) is 0 Å². The van der Waals surface area contributed by atoms with Crippen molar-refractivity contribution in [1.82, 2.24) is 9.89 Å². The largest absolute Gasteiger partial charge is 0.462 e. The van der Waals surface area contributed by atoms with Gasteiger partial charge in [0.2, 0.25) is 5.36 Å². The van der Waals surface area contributed by atoms with E-state index >= 15 is 0 Å². The van der Waals surface area contributed by atoms with Crippen LogP contribution < -0.4 is 20.1 Å². The van der Waals surface area contributed by atoms with Gasteiger partial charge in [0.05, 0.1) is 18.2 Å². The van der Waals surface area contributed by atoms with Gasteiger partial charge in [0, 0.05) is 54.0 Å². The van der Waals surface area contributed by atoms with Crippen LogP contribution in [0.15, 0.2) is 120 Å². The molecule has 56 heavy (non-hydrogen) atoms. The van der Waals surface area contributed by atoms with Crippen molar-refractivity contribution in [3.63, 3.8) is 0 Å². The van der Waals surface area contributed by atoms with E-state index in [0.717, 1.165) is 103 Å². The van der Waals surface area contributed by atoms with Crippen LogP contribution in [0, 0.1) is 0 Å². The van der Waals surface area contributed by atoms with Crippen LogP contribution in [0.3, 0.4) is 0 Å². The highest BCUT2D eigenvalue weighted by Gasteiger charge is 2.23. The third-order valence-corrected chi connectivity index (χ3v) is 11.5. The molecule has 6 aromatic carbocycles. The number of hydrogen-bond acceptors (Lipinski definition) is 5. The molecule has 6 nitrogen and oxygen atoms in total. The molecule has 0 atom stereocenters. The van der Waals surface area contributed by atoms with Crippen LogP contribution in [-0.4, -0.2) is 45.3 Å². The fourth-order valence-electron chi connectivity index (χ4n) is 8.59. The Labute approximate surface area is 329 Å². The van der Waals surface area contributed by atoms with E-state index in [1.807, 2.05) is 24.3 Å². The standard InChI is InChI=1S/C50H52N3O3/c1-5-52(6-2)38-24-26-43-45(31-38)56-46-32-39(53(7-3)8-4)25-27-44(46)49(43)41-19-10-11-20-42(41)50(54)55-29-13-9-12-28-51-33-37-30-36-18-14-16-34-22-23-35-17-15-21-40(37)48(35)47(34)36/h10-11,14-27,30-32,51H,5-9,12-13,28-29,33H2,1-4H3/q+1. The van der Waals surface area contributed by atoms with Crippen molar-refractivity contribution < 1.29 is 13.9 Å². The molecule has 0 bridgehead atoms. The number of anilines is 1. The van der Waals surface area contributed by atoms with E-state index in [1.165, 1.54) is 37.9 Å². The normalized spacial score (nSPS) is 11.7. The first-order chi connectivity index (χ1) is 27.5. The van der Waals surface area contributed by atoms with Gasteiger partial charge in [-0.2, -0.15) is 0 Å². The molecule has 0 unspecified atom stereocenters. The van der Waals surface area contributed by atoms with Crippen LogP contribution >= 0.6 is 0 Å². The maximum Gasteiger partial charge on any atom is 0.338 e. The van der Waals surface area contributed by atoms with Crippen molar-refractivity contribution in [1.29, 1.82) is 0 Å². The van der Waals surface area contributed by atoms with Crippen LogP contribution in [0.1, 0.15) is 62.9 Å². The van der Waals surface area contributed by atoms with Gasteiger partial charge in [0.1, 0.15) is 24.4 Å². The van der Waals surface area contributed by atoms with Crippen molar-refractivity contribution >= 4 is 54.9 Å². The van der Waals surface area contributed by atoms with Crippen LogP contribution in [0.4, 0.5) is 5.69 Å². The minimum Gasteiger partial charge on any atom is -0.462 e. The molecule has 284 valence electrons. The maximum atomic E-state index is 13.8. The third kappa shape index (κ3) is 7.10. The number of unbranched alkanes of at least 4 members (excludes halogenated alkanes) is 2. The Bertz CT molecular complexity index is 2680. The topological polar surface area (TPSA) is 57.7 Å². The Hall–Kier alpha value is -5.72. The number of rotatable bonds is 15. The second-order valence-electron chi connectivity index (χ2n) is 14.7. The first-order valence-electron chi connectivity index (χ1n) is 20.5. The Morgan fingerprint density at radius 3 is 2.27 bits per heavy atom. The van der Waals surface area contributed by atoms with Crippen molar-refractivity contribution in [2.45, 2.75) is 53.5 Å². The lowest BCUT2D eigenvalue weighted by atomic mass is 9.90. The van der Waals surface area contributed by atoms with Gasteiger partial charge >= 0.3 is 5.97 Å². The zero-order chi connectivity index (χ0) is 38.6. The molecule has 0 spiro atoms. The van der Waals surface area contributed by atoms with E-state index < -0.39 is 0 Å². The van der Waals surface area contributed by atoms with Crippen molar-refractivity contribution in [3.8, 4) is 22.5 Å². The number of nitrogens with one attached hydrogen (secondary N) is 1. The van der Waals surface area contributed by atoms with E-state index in [0.29, 0.717) is 12.2 Å². The second kappa shape index (κ2) is 16.6. The molecule has 1 heterocycles. The number of carbonyl (C=O) groups excluding carboxylic acids is 1. The minimum absolute atomic E-state index is 0.297. The first kappa shape index (κ1) is 37.2. The number of ether oxygens (including phenoxy) is 1. The molecule has 0 radical (unpaired) electrons. The molecule has 6 heteroatoms. The van der Waals surface area contributed by atoms with Crippen molar-refractivity contribution in [2.75, 3.05) is 44.2 Å². The Kier molecular flexibility index (Phi) is 11.0. The van der Waals surface area contributed by atoms with E-state index in [4.69, 9.17) is 9.15 Å². The smallest absolute Gasteiger partial charge is 0.338 e. The number of benzene rings is 7. The summed E-state index contributed by atoms with van der Waals surface area (Å²) in [6.45, 7) is 14.4. The first-order valence-corrected chi connectivity index (χ1v) is 20.5. The molecule has 1 N–H and O–H groups in total. The number of fused-ring (bicyclic) bond motifs is 2. The molecule has 1 aliphatic heterocycles. The van der Waals surface area contributed by atoms with Gasteiger partial charge < -0.3 is 19.4 Å². The van der Waals surface area contributed by atoms with E-state index in [1.54, 1.807) is 0 Å². The predicted molar refractivity (Wildman–Crippen MR) is 234 cm³/mol. The molecule has 1 aliphatic carbocycles. The second-order valence-corrected chi connectivity index (χ2v) is 14.7. The van der Waals surface area contributed by atoms with Crippen LogP contribution in [0.25, 0.3) is 65.7 Å². The Morgan fingerprint density at radius 1 is 0.696 bits per heavy atom. The van der Waals surface area contributed by atoms with Gasteiger partial charge in [0.25, 0.3) is 0 Å². The molecule has 0 saturated carbocycles. The Morgan fingerprint density at radius 2 is 1.46 bits per heavy atom. The average molecular weight is 743 g/mol. The highest BCUT2D eigenvalue weighted by Crippen LogP contribution is 2.42. The molecular weight excluding hydrogens is 691 g/mol. The van der Waals surface area contributed by atoms with Crippen molar-refractivity contribution in [3.05, 3.63) is 132 Å². The van der Waals surface area contributed by atoms with Crippen molar-refractivity contribution in [2.24, 2.45) is 0 Å². The lowest BCUT2D eigenvalue weighted by molar-refractivity contribution is 0.0499. The molecule has 0 amide bonds. The summed E-state index contributed by atoms with van der Waals surface area (Å²) < 4.78 is 15.0. The van der Waals surface area contributed by atoms with Gasteiger partial charge in [-0.3, -0.25) is 0 Å². The molecule has 0 aromatic heterocycles. The van der Waals surface area contributed by atoms with Crippen LogP contribution in [-0.2, 0) is 11.3 Å². The van der Waals surface area contributed by atoms with Gasteiger partial charge in [-0.25, -0.2) is 9.37 Å². The van der Waals surface area contributed by atoms with Gasteiger partial charge in [0.15, 0.2) is 0 Å². The van der Waals surface area contributed by atoms with E-state index in [9.17, 15) is 4.79 Å². The fraction of sp³-hybridized carbons (Fsp3) is 0.280. The number of nitrogens with zero attached hydrogens (tertiary/aromatic N) is 2. The summed E-state index contributed by atoms with van der Waals surface area (Å²) in [5.41, 5.74) is 6.62.